The molecule has 0 saturated carbocycles. The molecule has 0 aliphatic carbocycles. The smallest absolute Gasteiger partial charge is 0.159 e. The molecular weight excluding hydrogens is 280 g/mol. The molecule has 0 amide bonds. The second kappa shape index (κ2) is 6.92. The Morgan fingerprint density at radius 1 is 1.25 bits per heavy atom. The minimum atomic E-state index is -0.928. The lowest BCUT2D eigenvalue weighted by Gasteiger charge is -2.23. The molecule has 20 heavy (non-hydrogen) atoms. The molecule has 0 radical (unpaired) electrons. The highest BCUT2D eigenvalue weighted by Crippen LogP contribution is 2.19. The van der Waals surface area contributed by atoms with E-state index in [2.05, 4.69) is 4.90 Å². The normalized spacial score (nSPS) is 12.8. The maximum absolute atomic E-state index is 13.2. The largest absolute Gasteiger partial charge is 0.387 e. The van der Waals surface area contributed by atoms with Gasteiger partial charge in [-0.3, -0.25) is 4.90 Å². The Morgan fingerprint density at radius 2 is 2.05 bits per heavy atom. The van der Waals surface area contributed by atoms with Gasteiger partial charge in [0.05, 0.1) is 6.10 Å². The molecule has 0 fully saturated rings. The molecule has 1 atom stereocenters. The van der Waals surface area contributed by atoms with Gasteiger partial charge in [0, 0.05) is 18.0 Å². The molecule has 1 N–H and O–H groups in total. The van der Waals surface area contributed by atoms with Gasteiger partial charge in [0.2, 0.25) is 0 Å². The average molecular weight is 297 g/mol. The SMILES string of the molecule is CCN(Cc1cccs1)CC(O)c1ccc(F)c(F)c1. The van der Waals surface area contributed by atoms with Crippen molar-refractivity contribution in [1.82, 2.24) is 4.90 Å². The molecular formula is C15H17F2NOS. The summed E-state index contributed by atoms with van der Waals surface area (Å²) in [6.45, 7) is 3.92. The van der Waals surface area contributed by atoms with Crippen molar-refractivity contribution in [2.24, 2.45) is 0 Å². The maximum Gasteiger partial charge on any atom is 0.159 e. The quantitative estimate of drug-likeness (QED) is 0.881. The number of nitrogens with zero attached hydrogens (tertiary/aromatic N) is 1. The van der Waals surface area contributed by atoms with Crippen LogP contribution in [0.3, 0.4) is 0 Å². The van der Waals surface area contributed by atoms with E-state index in [-0.39, 0.29) is 0 Å². The first-order chi connectivity index (χ1) is 9.60. The summed E-state index contributed by atoms with van der Waals surface area (Å²) in [5, 5.41) is 12.1. The Hall–Kier alpha value is -1.30. The average Bonchev–Trinajstić information content (AvgIpc) is 2.93. The fraction of sp³-hybridized carbons (Fsp3) is 0.333. The molecule has 0 aliphatic heterocycles. The summed E-state index contributed by atoms with van der Waals surface area (Å²) in [5.41, 5.74) is 0.397. The van der Waals surface area contributed by atoms with Crippen molar-refractivity contribution in [1.29, 1.82) is 0 Å². The van der Waals surface area contributed by atoms with Crippen molar-refractivity contribution in [2.75, 3.05) is 13.1 Å². The van der Waals surface area contributed by atoms with Crippen LogP contribution < -0.4 is 0 Å². The molecule has 0 aliphatic rings. The molecule has 0 saturated heterocycles. The van der Waals surface area contributed by atoms with E-state index in [4.69, 9.17) is 0 Å². The molecule has 1 aromatic heterocycles. The van der Waals surface area contributed by atoms with Crippen LogP contribution in [0.15, 0.2) is 35.7 Å². The van der Waals surface area contributed by atoms with E-state index < -0.39 is 17.7 Å². The van der Waals surface area contributed by atoms with Gasteiger partial charge < -0.3 is 5.11 Å². The van der Waals surface area contributed by atoms with Crippen LogP contribution in [0.5, 0.6) is 0 Å². The van der Waals surface area contributed by atoms with Crippen molar-refractivity contribution in [3.05, 3.63) is 57.8 Å². The summed E-state index contributed by atoms with van der Waals surface area (Å²) >= 11 is 1.66. The van der Waals surface area contributed by atoms with E-state index >= 15 is 0 Å². The molecule has 0 bridgehead atoms. The van der Waals surface area contributed by atoms with Crippen LogP contribution in [-0.2, 0) is 6.54 Å². The van der Waals surface area contributed by atoms with Crippen LogP contribution in [0.4, 0.5) is 8.78 Å². The Kier molecular flexibility index (Phi) is 5.23. The predicted octanol–water partition coefficient (Wildman–Crippen LogP) is 3.58. The molecule has 2 aromatic rings. The van der Waals surface area contributed by atoms with E-state index in [0.717, 1.165) is 25.2 Å². The number of halogens is 2. The van der Waals surface area contributed by atoms with Gasteiger partial charge in [-0.1, -0.05) is 19.1 Å². The second-order valence-corrected chi connectivity index (χ2v) is 5.63. The number of hydrogen-bond acceptors (Lipinski definition) is 3. The Morgan fingerprint density at radius 3 is 2.65 bits per heavy atom. The van der Waals surface area contributed by atoms with E-state index in [1.165, 1.54) is 10.9 Å². The number of rotatable bonds is 6. The van der Waals surface area contributed by atoms with Gasteiger partial charge in [-0.05, 0) is 35.7 Å². The number of aliphatic hydroxyl groups excluding tert-OH is 1. The fourth-order valence-corrected chi connectivity index (χ4v) is 2.74. The summed E-state index contributed by atoms with van der Waals surface area (Å²) in [6.07, 6.45) is -0.829. The van der Waals surface area contributed by atoms with Crippen LogP contribution in [0.2, 0.25) is 0 Å². The van der Waals surface area contributed by atoms with Crippen molar-refractivity contribution in [2.45, 2.75) is 19.6 Å². The first-order valence-electron chi connectivity index (χ1n) is 6.48. The van der Waals surface area contributed by atoms with Crippen molar-refractivity contribution in [3.63, 3.8) is 0 Å². The Balaban J connectivity index is 2.01. The van der Waals surface area contributed by atoms with Crippen molar-refractivity contribution >= 4 is 11.3 Å². The van der Waals surface area contributed by atoms with E-state index in [9.17, 15) is 13.9 Å². The molecule has 2 nitrogen and oxygen atoms in total. The predicted molar refractivity (Wildman–Crippen MR) is 76.6 cm³/mol. The number of thiophene rings is 1. The zero-order valence-corrected chi connectivity index (χ0v) is 12.0. The number of hydrogen-bond donors (Lipinski definition) is 1. The highest BCUT2D eigenvalue weighted by atomic mass is 32.1. The van der Waals surface area contributed by atoms with Crippen molar-refractivity contribution < 1.29 is 13.9 Å². The van der Waals surface area contributed by atoms with Crippen molar-refractivity contribution in [3.8, 4) is 0 Å². The molecule has 5 heteroatoms. The lowest BCUT2D eigenvalue weighted by Crippen LogP contribution is -2.27. The van der Waals surface area contributed by atoms with Gasteiger partial charge in [0.15, 0.2) is 11.6 Å². The Labute approximate surface area is 121 Å². The third-order valence-electron chi connectivity index (χ3n) is 3.17. The van der Waals surface area contributed by atoms with E-state index in [0.29, 0.717) is 12.1 Å². The summed E-state index contributed by atoms with van der Waals surface area (Å²) in [6, 6.07) is 7.54. The van der Waals surface area contributed by atoms with Gasteiger partial charge in [-0.15, -0.1) is 11.3 Å². The topological polar surface area (TPSA) is 23.5 Å². The van der Waals surface area contributed by atoms with E-state index in [1.807, 2.05) is 24.4 Å². The van der Waals surface area contributed by atoms with Gasteiger partial charge in [0.1, 0.15) is 0 Å². The van der Waals surface area contributed by atoms with Gasteiger partial charge >= 0.3 is 0 Å². The summed E-state index contributed by atoms with van der Waals surface area (Å²) in [4.78, 5) is 3.28. The summed E-state index contributed by atoms with van der Waals surface area (Å²) in [7, 11) is 0. The summed E-state index contributed by atoms with van der Waals surface area (Å²) < 4.78 is 26.0. The van der Waals surface area contributed by atoms with Crippen LogP contribution >= 0.6 is 11.3 Å². The van der Waals surface area contributed by atoms with Crippen LogP contribution in [0.1, 0.15) is 23.5 Å². The van der Waals surface area contributed by atoms with E-state index in [1.54, 1.807) is 11.3 Å². The second-order valence-electron chi connectivity index (χ2n) is 4.60. The minimum Gasteiger partial charge on any atom is -0.387 e. The molecule has 1 unspecified atom stereocenters. The minimum absolute atomic E-state index is 0.388. The monoisotopic (exact) mass is 297 g/mol. The Bertz CT molecular complexity index is 545. The molecule has 108 valence electrons. The number of benzene rings is 1. The van der Waals surface area contributed by atoms with Gasteiger partial charge in [-0.2, -0.15) is 0 Å². The molecule has 1 heterocycles. The molecule has 1 aromatic carbocycles. The highest BCUT2D eigenvalue weighted by molar-refractivity contribution is 7.09. The molecule has 0 spiro atoms. The third-order valence-corrected chi connectivity index (χ3v) is 4.03. The van der Waals surface area contributed by atoms with Gasteiger partial charge in [-0.25, -0.2) is 8.78 Å². The standard InChI is InChI=1S/C15H17F2NOS/c1-2-18(9-12-4-3-7-20-12)10-15(19)11-5-6-13(16)14(17)8-11/h3-8,15,19H,2,9-10H2,1H3. The van der Waals surface area contributed by atoms with Crippen LogP contribution in [-0.4, -0.2) is 23.1 Å². The number of likely N-dealkylation sites (N-methyl/N-ethyl adjacent to an activating group) is 1. The zero-order valence-electron chi connectivity index (χ0n) is 11.2. The maximum atomic E-state index is 13.2. The summed E-state index contributed by atoms with van der Waals surface area (Å²) in [5.74, 6) is -1.82. The zero-order chi connectivity index (χ0) is 14.5. The van der Waals surface area contributed by atoms with Gasteiger partial charge in [0.25, 0.3) is 0 Å². The first kappa shape index (κ1) is 15.1. The fourth-order valence-electron chi connectivity index (χ4n) is 2.00. The third kappa shape index (κ3) is 3.85. The lowest BCUT2D eigenvalue weighted by molar-refractivity contribution is 0.112. The first-order valence-corrected chi connectivity index (χ1v) is 7.36. The van der Waals surface area contributed by atoms with Crippen LogP contribution in [0.25, 0.3) is 0 Å². The molecule has 2 rings (SSSR count). The number of aliphatic hydroxyl groups is 1. The highest BCUT2D eigenvalue weighted by Gasteiger charge is 2.15. The lowest BCUT2D eigenvalue weighted by atomic mass is 10.1. The van der Waals surface area contributed by atoms with Crippen LogP contribution in [0, 0.1) is 11.6 Å².